The highest BCUT2D eigenvalue weighted by molar-refractivity contribution is 7.80. The molecule has 1 amide bonds. The summed E-state index contributed by atoms with van der Waals surface area (Å²) in [5, 5.41) is 15.5. The summed E-state index contributed by atoms with van der Waals surface area (Å²) in [4.78, 5) is 12.2. The Morgan fingerprint density at radius 1 is 1.24 bits per heavy atom. The second kappa shape index (κ2) is 8.89. The molecule has 25 heavy (non-hydrogen) atoms. The van der Waals surface area contributed by atoms with E-state index in [0.717, 1.165) is 6.42 Å². The Kier molecular flexibility index (Phi) is 6.87. The number of amides is 1. The van der Waals surface area contributed by atoms with Crippen molar-refractivity contribution in [3.05, 3.63) is 52.0 Å². The molecule has 0 bridgehead atoms. The standard InChI is InChI=1S/C17H16Cl2N2O3S/c1-2-7-24-12-5-3-10(4-6-12)16(23)21-17(25)20-14-9-11(18)8-13(19)15(14)22/h3-6,8-9,22H,2,7H2,1H3,(H2,20,21,23,25). The van der Waals surface area contributed by atoms with Gasteiger partial charge in [0.15, 0.2) is 10.9 Å². The second-order valence-electron chi connectivity index (χ2n) is 5.06. The summed E-state index contributed by atoms with van der Waals surface area (Å²) in [5.41, 5.74) is 0.618. The van der Waals surface area contributed by atoms with Crippen molar-refractivity contribution >= 4 is 52.1 Å². The molecule has 5 nitrogen and oxygen atoms in total. The van der Waals surface area contributed by atoms with E-state index in [1.165, 1.54) is 12.1 Å². The number of hydrogen-bond acceptors (Lipinski definition) is 4. The molecule has 0 heterocycles. The van der Waals surface area contributed by atoms with E-state index in [1.54, 1.807) is 24.3 Å². The van der Waals surface area contributed by atoms with Crippen molar-refractivity contribution in [3.8, 4) is 11.5 Å². The van der Waals surface area contributed by atoms with Crippen molar-refractivity contribution in [3.63, 3.8) is 0 Å². The highest BCUT2D eigenvalue weighted by atomic mass is 35.5. The number of anilines is 1. The Morgan fingerprint density at radius 3 is 2.56 bits per heavy atom. The lowest BCUT2D eigenvalue weighted by Gasteiger charge is -2.12. The first-order valence-corrected chi connectivity index (χ1v) is 8.60. The Bertz CT molecular complexity index is 782. The summed E-state index contributed by atoms with van der Waals surface area (Å²) in [5.74, 6) is 0.0878. The van der Waals surface area contributed by atoms with Crippen LogP contribution in [-0.2, 0) is 0 Å². The molecular formula is C17H16Cl2N2O3S. The molecule has 2 rings (SSSR count). The molecule has 0 fully saturated rings. The number of rotatable bonds is 5. The van der Waals surface area contributed by atoms with Crippen LogP contribution in [0.5, 0.6) is 11.5 Å². The zero-order valence-corrected chi connectivity index (χ0v) is 15.6. The van der Waals surface area contributed by atoms with Crippen LogP contribution in [0.1, 0.15) is 23.7 Å². The van der Waals surface area contributed by atoms with Gasteiger partial charge in [-0.05, 0) is 55.0 Å². The molecule has 0 aliphatic rings. The summed E-state index contributed by atoms with van der Waals surface area (Å²) < 4.78 is 5.46. The van der Waals surface area contributed by atoms with Crippen LogP contribution in [-0.4, -0.2) is 22.7 Å². The van der Waals surface area contributed by atoms with Crippen molar-refractivity contribution in [1.29, 1.82) is 0 Å². The number of carbonyl (C=O) groups excluding carboxylic acids is 1. The Balaban J connectivity index is 1.99. The average molecular weight is 399 g/mol. The van der Waals surface area contributed by atoms with Gasteiger partial charge in [-0.15, -0.1) is 0 Å². The lowest BCUT2D eigenvalue weighted by molar-refractivity contribution is 0.0977. The van der Waals surface area contributed by atoms with Crippen LogP contribution >= 0.6 is 35.4 Å². The van der Waals surface area contributed by atoms with E-state index >= 15 is 0 Å². The van der Waals surface area contributed by atoms with E-state index in [-0.39, 0.29) is 21.6 Å². The van der Waals surface area contributed by atoms with Gasteiger partial charge in [0.25, 0.3) is 5.91 Å². The maximum atomic E-state index is 12.2. The minimum Gasteiger partial charge on any atom is -0.504 e. The molecule has 0 unspecified atom stereocenters. The molecule has 0 aliphatic carbocycles. The van der Waals surface area contributed by atoms with E-state index in [0.29, 0.717) is 22.9 Å². The van der Waals surface area contributed by atoms with E-state index in [1.807, 2.05) is 6.92 Å². The Labute approximate surface area is 160 Å². The Hall–Kier alpha value is -2.02. The first-order valence-electron chi connectivity index (χ1n) is 7.44. The summed E-state index contributed by atoms with van der Waals surface area (Å²) in [6, 6.07) is 9.54. The van der Waals surface area contributed by atoms with Crippen molar-refractivity contribution in [2.45, 2.75) is 13.3 Å². The number of phenols is 1. The summed E-state index contributed by atoms with van der Waals surface area (Å²) in [6.07, 6.45) is 0.905. The fourth-order valence-electron chi connectivity index (χ4n) is 1.91. The van der Waals surface area contributed by atoms with Crippen LogP contribution in [0.2, 0.25) is 10.0 Å². The third-order valence-electron chi connectivity index (χ3n) is 3.09. The minimum atomic E-state index is -0.396. The maximum absolute atomic E-state index is 12.2. The molecule has 0 spiro atoms. The van der Waals surface area contributed by atoms with Gasteiger partial charge < -0.3 is 15.2 Å². The summed E-state index contributed by atoms with van der Waals surface area (Å²) in [7, 11) is 0. The van der Waals surface area contributed by atoms with Gasteiger partial charge in [-0.2, -0.15) is 0 Å². The van der Waals surface area contributed by atoms with E-state index in [9.17, 15) is 9.90 Å². The number of thiocarbonyl (C=S) groups is 1. The third kappa shape index (κ3) is 5.49. The molecule has 2 aromatic rings. The SMILES string of the molecule is CCCOc1ccc(C(=O)NC(=S)Nc2cc(Cl)cc(Cl)c2O)cc1. The first-order chi connectivity index (χ1) is 11.9. The van der Waals surface area contributed by atoms with Gasteiger partial charge in [0.2, 0.25) is 0 Å². The summed E-state index contributed by atoms with van der Waals surface area (Å²) >= 11 is 16.8. The molecule has 0 saturated heterocycles. The normalized spacial score (nSPS) is 10.2. The number of carbonyl (C=O) groups is 1. The minimum absolute atomic E-state index is 0.00458. The number of phenolic OH excluding ortho intramolecular Hbond substituents is 1. The number of nitrogens with one attached hydrogen (secondary N) is 2. The fraction of sp³-hybridized carbons (Fsp3) is 0.176. The Morgan fingerprint density at radius 2 is 1.92 bits per heavy atom. The van der Waals surface area contributed by atoms with Crippen LogP contribution in [0.3, 0.4) is 0 Å². The topological polar surface area (TPSA) is 70.6 Å². The number of aromatic hydroxyl groups is 1. The quantitative estimate of drug-likeness (QED) is 0.506. The number of benzene rings is 2. The van der Waals surface area contributed by atoms with Gasteiger partial charge in [0.1, 0.15) is 5.75 Å². The lowest BCUT2D eigenvalue weighted by Crippen LogP contribution is -2.34. The number of ether oxygens (including phenoxy) is 1. The zero-order chi connectivity index (χ0) is 18.4. The molecule has 132 valence electrons. The van der Waals surface area contributed by atoms with Gasteiger partial charge in [0.05, 0.1) is 17.3 Å². The van der Waals surface area contributed by atoms with Gasteiger partial charge in [0, 0.05) is 10.6 Å². The van der Waals surface area contributed by atoms with Crippen LogP contribution in [0, 0.1) is 0 Å². The number of hydrogen-bond donors (Lipinski definition) is 3. The average Bonchev–Trinajstić information content (AvgIpc) is 2.57. The highest BCUT2D eigenvalue weighted by Gasteiger charge is 2.12. The van der Waals surface area contributed by atoms with Crippen LogP contribution < -0.4 is 15.4 Å². The molecule has 0 radical (unpaired) electrons. The zero-order valence-electron chi connectivity index (χ0n) is 13.3. The smallest absolute Gasteiger partial charge is 0.257 e. The third-order valence-corrected chi connectivity index (χ3v) is 3.80. The molecule has 0 atom stereocenters. The van der Waals surface area contributed by atoms with Crippen LogP contribution in [0.25, 0.3) is 0 Å². The van der Waals surface area contributed by atoms with Crippen LogP contribution in [0.4, 0.5) is 5.69 Å². The second-order valence-corrected chi connectivity index (χ2v) is 6.32. The van der Waals surface area contributed by atoms with Crippen molar-refractivity contribution < 1.29 is 14.6 Å². The highest BCUT2D eigenvalue weighted by Crippen LogP contribution is 2.34. The van der Waals surface area contributed by atoms with Crippen LogP contribution in [0.15, 0.2) is 36.4 Å². The largest absolute Gasteiger partial charge is 0.504 e. The van der Waals surface area contributed by atoms with Crippen molar-refractivity contribution in [2.75, 3.05) is 11.9 Å². The molecule has 0 aromatic heterocycles. The van der Waals surface area contributed by atoms with E-state index in [2.05, 4.69) is 10.6 Å². The molecule has 2 aromatic carbocycles. The maximum Gasteiger partial charge on any atom is 0.257 e. The predicted octanol–water partition coefficient (Wildman–Crippen LogP) is 4.61. The van der Waals surface area contributed by atoms with Crippen molar-refractivity contribution in [1.82, 2.24) is 5.32 Å². The van der Waals surface area contributed by atoms with E-state index < -0.39 is 5.91 Å². The molecule has 3 N–H and O–H groups in total. The summed E-state index contributed by atoms with van der Waals surface area (Å²) in [6.45, 7) is 2.63. The fourth-order valence-corrected chi connectivity index (χ4v) is 2.61. The monoisotopic (exact) mass is 398 g/mol. The first kappa shape index (κ1) is 19.3. The number of halogens is 2. The molecule has 0 saturated carbocycles. The van der Waals surface area contributed by atoms with Crippen molar-refractivity contribution in [2.24, 2.45) is 0 Å². The van der Waals surface area contributed by atoms with Gasteiger partial charge in [-0.3, -0.25) is 10.1 Å². The molecule has 8 heteroatoms. The predicted molar refractivity (Wildman–Crippen MR) is 104 cm³/mol. The molecule has 0 aliphatic heterocycles. The molecular weight excluding hydrogens is 383 g/mol. The van der Waals surface area contributed by atoms with E-state index in [4.69, 9.17) is 40.2 Å². The van der Waals surface area contributed by atoms with Gasteiger partial charge in [-0.25, -0.2) is 0 Å². The lowest BCUT2D eigenvalue weighted by atomic mass is 10.2. The van der Waals surface area contributed by atoms with Gasteiger partial charge >= 0.3 is 0 Å². The van der Waals surface area contributed by atoms with Gasteiger partial charge in [-0.1, -0.05) is 30.1 Å².